The zero-order valence-corrected chi connectivity index (χ0v) is 39.6. The van der Waals surface area contributed by atoms with Crippen LogP contribution in [-0.2, 0) is 17.1 Å². The predicted octanol–water partition coefficient (Wildman–Crippen LogP) is 10.8. The first-order valence-electron chi connectivity index (χ1n) is 22.0. The number of aromatic nitrogens is 8. The van der Waals surface area contributed by atoms with Gasteiger partial charge in [-0.15, -0.1) is 0 Å². The number of hydrogen-bond donors (Lipinski definition) is 0. The van der Waals surface area contributed by atoms with Crippen LogP contribution >= 0.6 is 0 Å². The summed E-state index contributed by atoms with van der Waals surface area (Å²) in [5.41, 5.74) is -1.75. The molecule has 2 atom stereocenters. The number of methoxy groups -OCH3 is 1. The lowest BCUT2D eigenvalue weighted by atomic mass is 10.1. The van der Waals surface area contributed by atoms with E-state index >= 15 is 0 Å². The highest BCUT2D eigenvalue weighted by atomic mass is 19.4. The van der Waals surface area contributed by atoms with Crippen LogP contribution in [0.5, 0.6) is 0 Å². The molecule has 4 heterocycles. The van der Waals surface area contributed by atoms with Crippen molar-refractivity contribution in [1.82, 2.24) is 37.8 Å². The number of halogens is 6. The van der Waals surface area contributed by atoms with E-state index in [0.717, 1.165) is 42.5 Å². The van der Waals surface area contributed by atoms with Gasteiger partial charge in [-0.25, -0.2) is 33.2 Å². The Hall–Kier alpha value is -9.08. The first-order valence-corrected chi connectivity index (χ1v) is 22.0. The van der Waals surface area contributed by atoms with E-state index in [1.807, 2.05) is 0 Å². The van der Waals surface area contributed by atoms with Gasteiger partial charge in [0.25, 0.3) is 11.1 Å². The van der Waals surface area contributed by atoms with Crippen LogP contribution in [0.3, 0.4) is 0 Å². The van der Waals surface area contributed by atoms with Crippen molar-refractivity contribution in [3.05, 3.63) is 221 Å². The van der Waals surface area contributed by atoms with E-state index in [1.165, 1.54) is 73.9 Å². The Morgan fingerprint density at radius 3 is 1.36 bits per heavy atom. The van der Waals surface area contributed by atoms with E-state index in [4.69, 9.17) is 17.9 Å². The second kappa shape index (κ2) is 20.7. The molecule has 8 rings (SSSR count). The van der Waals surface area contributed by atoms with Gasteiger partial charge in [-0.3, -0.25) is 23.3 Å². The summed E-state index contributed by atoms with van der Waals surface area (Å²) < 4.78 is 92.9. The van der Waals surface area contributed by atoms with Crippen molar-refractivity contribution in [3.8, 4) is 45.3 Å². The van der Waals surface area contributed by atoms with Crippen LogP contribution < -0.4 is 22.5 Å². The molecule has 0 fully saturated rings. The predicted molar refractivity (Wildman–Crippen MR) is 261 cm³/mol. The normalized spacial score (nSPS) is 12.5. The van der Waals surface area contributed by atoms with Crippen LogP contribution in [0.2, 0.25) is 0 Å². The average Bonchev–Trinajstić information content (AvgIpc) is 4.05. The van der Waals surface area contributed by atoms with Gasteiger partial charge in [0, 0.05) is 18.5 Å². The SMILES string of the molecule is [C-]#[N+]c1ccc(-n2nccc2-c2c(C)n(-c3cccc(C(F)(F)F)c3)c(=O)n([C@H](C)C=CC)c2=O)cc1.[C-]#[N+]c1ccc(-n2nccc2-c2c(C)n(-c3cccc(C(F)(F)F)c3)c(=O)n([C@H](C)OC)c2=O)cc1. The Labute approximate surface area is 411 Å². The van der Waals surface area contributed by atoms with Gasteiger partial charge in [-0.2, -0.15) is 36.5 Å². The van der Waals surface area contributed by atoms with Gasteiger partial charge in [0.2, 0.25) is 0 Å². The molecule has 21 heteroatoms. The van der Waals surface area contributed by atoms with E-state index in [-0.39, 0.29) is 33.9 Å². The molecular formula is C52H42F6N10O5. The fourth-order valence-corrected chi connectivity index (χ4v) is 8.17. The molecule has 0 radical (unpaired) electrons. The van der Waals surface area contributed by atoms with Crippen molar-refractivity contribution >= 4 is 11.4 Å². The molecule has 8 aromatic rings. The molecular weight excluding hydrogens is 959 g/mol. The fourth-order valence-electron chi connectivity index (χ4n) is 8.17. The van der Waals surface area contributed by atoms with Gasteiger partial charge in [0.1, 0.15) is 6.23 Å². The quantitative estimate of drug-likeness (QED) is 0.0754. The van der Waals surface area contributed by atoms with Crippen LogP contribution in [0.4, 0.5) is 37.7 Å². The maximum Gasteiger partial charge on any atom is 0.416 e. The molecule has 4 aromatic carbocycles. The molecule has 15 nitrogen and oxygen atoms in total. The Bertz CT molecular complexity index is 3730. The Kier molecular flexibility index (Phi) is 14.7. The molecule has 0 bridgehead atoms. The highest BCUT2D eigenvalue weighted by Gasteiger charge is 2.33. The monoisotopic (exact) mass is 1000 g/mol. The molecule has 4 aromatic heterocycles. The number of allylic oxidation sites excluding steroid dienone is 2. The maximum atomic E-state index is 13.8. The van der Waals surface area contributed by atoms with Gasteiger partial charge in [-0.05, 0) is 107 Å². The van der Waals surface area contributed by atoms with Crippen molar-refractivity contribution in [2.45, 2.75) is 59.2 Å². The van der Waals surface area contributed by atoms with E-state index in [9.17, 15) is 45.5 Å². The molecule has 372 valence electrons. The van der Waals surface area contributed by atoms with Crippen molar-refractivity contribution in [1.29, 1.82) is 0 Å². The molecule has 0 saturated heterocycles. The van der Waals surface area contributed by atoms with Gasteiger partial charge in [0.05, 0.1) is 88.0 Å². The third kappa shape index (κ3) is 10.1. The van der Waals surface area contributed by atoms with E-state index in [1.54, 1.807) is 86.7 Å². The van der Waals surface area contributed by atoms with Crippen LogP contribution in [0.25, 0.3) is 55.0 Å². The van der Waals surface area contributed by atoms with Crippen molar-refractivity contribution in [3.63, 3.8) is 0 Å². The lowest BCUT2D eigenvalue weighted by Gasteiger charge is -2.21. The minimum Gasteiger partial charge on any atom is -0.361 e. The summed E-state index contributed by atoms with van der Waals surface area (Å²) in [7, 11) is 1.31. The second-order valence-electron chi connectivity index (χ2n) is 16.2. The molecule has 0 spiro atoms. The Balaban J connectivity index is 0.000000214. The molecule has 0 aliphatic rings. The van der Waals surface area contributed by atoms with Gasteiger partial charge in [0.15, 0.2) is 11.4 Å². The third-order valence-corrected chi connectivity index (χ3v) is 11.7. The minimum absolute atomic E-state index is 0.0209. The number of benzene rings is 4. The van der Waals surface area contributed by atoms with Gasteiger partial charge in [-0.1, -0.05) is 48.6 Å². The summed E-state index contributed by atoms with van der Waals surface area (Å²) in [5, 5.41) is 8.61. The first-order chi connectivity index (χ1) is 34.7. The molecule has 0 saturated carbocycles. The zero-order chi connectivity index (χ0) is 53.1. The third-order valence-electron chi connectivity index (χ3n) is 11.7. The number of ether oxygens (including phenoxy) is 1. The van der Waals surface area contributed by atoms with Crippen LogP contribution in [-0.4, -0.2) is 44.9 Å². The Morgan fingerprint density at radius 1 is 0.589 bits per heavy atom. The second-order valence-corrected chi connectivity index (χ2v) is 16.2. The Morgan fingerprint density at radius 2 is 0.986 bits per heavy atom. The van der Waals surface area contributed by atoms with Crippen LogP contribution in [0.15, 0.2) is 153 Å². The average molecular weight is 1000 g/mol. The largest absolute Gasteiger partial charge is 0.416 e. The summed E-state index contributed by atoms with van der Waals surface area (Å²) in [6, 6.07) is 24.3. The van der Waals surface area contributed by atoms with Crippen LogP contribution in [0, 0.1) is 27.0 Å². The summed E-state index contributed by atoms with van der Waals surface area (Å²) >= 11 is 0. The zero-order valence-electron chi connectivity index (χ0n) is 39.6. The number of nitrogens with zero attached hydrogens (tertiary/aromatic N) is 10. The highest BCUT2D eigenvalue weighted by Crippen LogP contribution is 2.33. The molecule has 0 aliphatic heterocycles. The summed E-state index contributed by atoms with van der Waals surface area (Å²) in [6.07, 6.45) is -3.96. The van der Waals surface area contributed by atoms with E-state index < -0.39 is 58.2 Å². The molecule has 0 unspecified atom stereocenters. The molecule has 0 amide bonds. The van der Waals surface area contributed by atoms with Gasteiger partial charge >= 0.3 is 23.7 Å². The lowest BCUT2D eigenvalue weighted by molar-refractivity contribution is -0.138. The van der Waals surface area contributed by atoms with E-state index in [2.05, 4.69) is 19.9 Å². The lowest BCUT2D eigenvalue weighted by Crippen LogP contribution is -2.43. The smallest absolute Gasteiger partial charge is 0.361 e. The minimum atomic E-state index is -4.62. The standard InChI is InChI=1S/C27H22F3N5O2.C25H20F3N5O3/c1-5-7-17(2)33-25(36)24(23-14-15-32-35(23)21-12-10-20(31-4)11-13-21)18(3)34(26(33)37)22-9-6-8-19(16-22)27(28,29)30;1-15-22(21-12-13-30-33(21)19-10-8-18(29-3)9-11-19)23(34)32(16(2)36-4)24(35)31(15)20-7-5-6-17(14-20)25(26,27)28/h5-17H,1-3H3;5-14,16H,1-2,4H3/t17-;16-/m10/s1. The molecule has 0 N–H and O–H groups in total. The first kappa shape index (κ1) is 51.8. The number of rotatable bonds is 10. The topological polar surface area (TPSA) is 142 Å². The van der Waals surface area contributed by atoms with Crippen molar-refractivity contribution < 1.29 is 31.1 Å². The van der Waals surface area contributed by atoms with Gasteiger partial charge < -0.3 is 4.74 Å². The highest BCUT2D eigenvalue weighted by molar-refractivity contribution is 5.67. The van der Waals surface area contributed by atoms with Crippen molar-refractivity contribution in [2.75, 3.05) is 7.11 Å². The fraction of sp³-hybridized carbons (Fsp3) is 0.192. The molecule has 0 aliphatic carbocycles. The number of alkyl halides is 6. The summed E-state index contributed by atoms with van der Waals surface area (Å²) in [6.45, 7) is 22.2. The maximum absolute atomic E-state index is 13.8. The summed E-state index contributed by atoms with van der Waals surface area (Å²) in [4.78, 5) is 61.1. The number of hydrogen-bond acceptors (Lipinski definition) is 7. The molecule has 73 heavy (non-hydrogen) atoms. The van der Waals surface area contributed by atoms with Crippen molar-refractivity contribution in [2.24, 2.45) is 0 Å². The summed E-state index contributed by atoms with van der Waals surface area (Å²) in [5.74, 6) is 0. The van der Waals surface area contributed by atoms with Crippen LogP contribution in [0.1, 0.15) is 55.6 Å². The van der Waals surface area contributed by atoms with E-state index in [0.29, 0.717) is 34.1 Å².